The van der Waals surface area contributed by atoms with E-state index in [0.717, 1.165) is 16.7 Å². The Labute approximate surface area is 192 Å². The molecule has 0 bridgehead atoms. The first-order chi connectivity index (χ1) is 13.9. The van der Waals surface area contributed by atoms with Crippen LogP contribution >= 0.6 is 11.6 Å². The van der Waals surface area contributed by atoms with Gasteiger partial charge in [-0.15, -0.1) is 0 Å². The van der Waals surface area contributed by atoms with Crippen LogP contribution in [0.5, 0.6) is 0 Å². The van der Waals surface area contributed by atoms with Crippen LogP contribution in [0.2, 0.25) is 5.02 Å². The summed E-state index contributed by atoms with van der Waals surface area (Å²) in [5.74, 6) is 0.0155. The van der Waals surface area contributed by atoms with Crippen molar-refractivity contribution in [3.05, 3.63) is 99.3 Å². The highest BCUT2D eigenvalue weighted by atomic mass is 79.9. The van der Waals surface area contributed by atoms with Crippen molar-refractivity contribution in [3.63, 3.8) is 0 Å². The van der Waals surface area contributed by atoms with Gasteiger partial charge in [-0.2, -0.15) is 0 Å². The molecule has 1 atom stereocenters. The lowest BCUT2D eigenvalue weighted by Crippen LogP contribution is -3.00. The second-order valence-corrected chi connectivity index (χ2v) is 8.25. The average molecular weight is 485 g/mol. The van der Waals surface area contributed by atoms with Gasteiger partial charge in [0.1, 0.15) is 0 Å². The van der Waals surface area contributed by atoms with Gasteiger partial charge >= 0.3 is 0 Å². The fraction of sp³-hybridized carbons (Fsp3) is 0.240. The molecule has 0 aliphatic heterocycles. The standard InChI is InChI=1S/C25H23ClNO2.BrH/c1-16-5-3-4-6-19(16)14-27-10-9-18(24(15-27)17(2)28)11-21-12-20-13-22(26)7-8-23(20)25(21)29;/h3-10,13,15,21H,11-12,14H2,1-2H3;1H/q+1;/p-1. The Bertz CT molecular complexity index is 1130. The highest BCUT2D eigenvalue weighted by Crippen LogP contribution is 2.31. The number of ketones is 2. The van der Waals surface area contributed by atoms with Gasteiger partial charge in [0.2, 0.25) is 0 Å². The maximum absolute atomic E-state index is 12.8. The molecule has 0 N–H and O–H groups in total. The summed E-state index contributed by atoms with van der Waals surface area (Å²) in [4.78, 5) is 25.1. The van der Waals surface area contributed by atoms with Gasteiger partial charge in [0.25, 0.3) is 0 Å². The smallest absolute Gasteiger partial charge is 0.180 e. The molecule has 0 spiro atoms. The largest absolute Gasteiger partial charge is 1.00 e. The molecule has 0 saturated carbocycles. The number of Topliss-reactive ketones (excluding diaryl/α,β-unsaturated/α-hetero) is 2. The molecule has 30 heavy (non-hydrogen) atoms. The maximum atomic E-state index is 12.8. The minimum atomic E-state index is -0.145. The molecule has 3 nitrogen and oxygen atoms in total. The van der Waals surface area contributed by atoms with Crippen LogP contribution in [-0.2, 0) is 19.4 Å². The Morgan fingerprint density at radius 1 is 1.13 bits per heavy atom. The molecule has 0 radical (unpaired) electrons. The predicted octanol–water partition coefficient (Wildman–Crippen LogP) is 1.79. The van der Waals surface area contributed by atoms with E-state index in [4.69, 9.17) is 11.6 Å². The van der Waals surface area contributed by atoms with Crippen molar-refractivity contribution < 1.29 is 31.1 Å². The number of aryl methyl sites for hydroxylation is 1. The van der Waals surface area contributed by atoms with Crippen molar-refractivity contribution in [2.24, 2.45) is 5.92 Å². The van der Waals surface area contributed by atoms with Crippen LogP contribution in [0.3, 0.4) is 0 Å². The molecule has 0 amide bonds. The molecule has 3 aromatic rings. The summed E-state index contributed by atoms with van der Waals surface area (Å²) >= 11 is 6.08. The molecular formula is C25H23BrClNO2. The van der Waals surface area contributed by atoms with Crippen molar-refractivity contribution in [2.75, 3.05) is 0 Å². The van der Waals surface area contributed by atoms with E-state index in [1.54, 1.807) is 13.0 Å². The van der Waals surface area contributed by atoms with Gasteiger partial charge in [0.15, 0.2) is 30.5 Å². The number of benzene rings is 2. The van der Waals surface area contributed by atoms with Crippen LogP contribution < -0.4 is 21.5 Å². The van der Waals surface area contributed by atoms with E-state index >= 15 is 0 Å². The number of hydrogen-bond acceptors (Lipinski definition) is 2. The molecule has 4 rings (SSSR count). The summed E-state index contributed by atoms with van der Waals surface area (Å²) in [6.45, 7) is 4.38. The zero-order valence-corrected chi connectivity index (χ0v) is 19.3. The summed E-state index contributed by atoms with van der Waals surface area (Å²) in [7, 11) is 0. The molecule has 0 fully saturated rings. The lowest BCUT2D eigenvalue weighted by atomic mass is 9.92. The molecule has 1 unspecified atom stereocenters. The lowest BCUT2D eigenvalue weighted by Gasteiger charge is -2.11. The summed E-state index contributed by atoms with van der Waals surface area (Å²) in [6, 6.07) is 15.7. The molecule has 1 aromatic heterocycles. The average Bonchev–Trinajstić information content (AvgIpc) is 2.99. The Kier molecular flexibility index (Phi) is 6.89. The van der Waals surface area contributed by atoms with Crippen LogP contribution in [0, 0.1) is 12.8 Å². The van der Waals surface area contributed by atoms with Gasteiger partial charge < -0.3 is 17.0 Å². The molecule has 5 heteroatoms. The fourth-order valence-electron chi connectivity index (χ4n) is 4.12. The van der Waals surface area contributed by atoms with E-state index in [1.807, 2.05) is 47.3 Å². The monoisotopic (exact) mass is 483 g/mol. The molecule has 1 aliphatic rings. The van der Waals surface area contributed by atoms with Crippen molar-refractivity contribution in [3.8, 4) is 0 Å². The number of carbonyl (C=O) groups excluding carboxylic acids is 2. The van der Waals surface area contributed by atoms with Gasteiger partial charge in [0, 0.05) is 28.1 Å². The number of nitrogens with zero attached hydrogens (tertiary/aromatic N) is 1. The highest BCUT2D eigenvalue weighted by Gasteiger charge is 2.31. The molecule has 1 aliphatic carbocycles. The number of aromatic nitrogens is 1. The third-order valence-electron chi connectivity index (χ3n) is 5.74. The predicted molar refractivity (Wildman–Crippen MR) is 114 cm³/mol. The van der Waals surface area contributed by atoms with Gasteiger partial charge in [-0.1, -0.05) is 35.9 Å². The van der Waals surface area contributed by atoms with Crippen LogP contribution in [0.1, 0.15) is 49.9 Å². The lowest BCUT2D eigenvalue weighted by molar-refractivity contribution is -0.688. The number of carbonyl (C=O) groups is 2. The summed E-state index contributed by atoms with van der Waals surface area (Å²) in [5, 5.41) is 0.651. The van der Waals surface area contributed by atoms with E-state index in [-0.39, 0.29) is 34.5 Å². The summed E-state index contributed by atoms with van der Waals surface area (Å²) < 4.78 is 2.04. The molecule has 1 heterocycles. The van der Waals surface area contributed by atoms with Gasteiger partial charge in [-0.3, -0.25) is 9.59 Å². The maximum Gasteiger partial charge on any atom is 0.180 e. The van der Waals surface area contributed by atoms with Crippen LogP contribution in [0.4, 0.5) is 0 Å². The van der Waals surface area contributed by atoms with Gasteiger partial charge in [-0.05, 0) is 61.6 Å². The van der Waals surface area contributed by atoms with Gasteiger partial charge in [0.05, 0.1) is 5.56 Å². The number of fused-ring (bicyclic) bond motifs is 1. The first-order valence-electron chi connectivity index (χ1n) is 9.82. The summed E-state index contributed by atoms with van der Waals surface area (Å²) in [5.41, 5.74) is 5.81. The summed E-state index contributed by atoms with van der Waals surface area (Å²) in [6.07, 6.45) is 5.14. The van der Waals surface area contributed by atoms with Crippen molar-refractivity contribution in [1.82, 2.24) is 0 Å². The molecule has 0 saturated heterocycles. The van der Waals surface area contributed by atoms with E-state index < -0.39 is 0 Å². The van der Waals surface area contributed by atoms with E-state index in [2.05, 4.69) is 19.1 Å². The fourth-order valence-corrected chi connectivity index (χ4v) is 4.32. The Morgan fingerprint density at radius 2 is 1.90 bits per heavy atom. The zero-order chi connectivity index (χ0) is 20.5. The van der Waals surface area contributed by atoms with Gasteiger partial charge in [-0.25, -0.2) is 4.57 Å². The second-order valence-electron chi connectivity index (χ2n) is 7.81. The number of halogens is 2. The second kappa shape index (κ2) is 9.23. The highest BCUT2D eigenvalue weighted by molar-refractivity contribution is 6.30. The van der Waals surface area contributed by atoms with Crippen LogP contribution in [0.15, 0.2) is 60.9 Å². The molecule has 154 valence electrons. The number of hydrogen-bond donors (Lipinski definition) is 0. The van der Waals surface area contributed by atoms with E-state index in [0.29, 0.717) is 30.0 Å². The topological polar surface area (TPSA) is 38.0 Å². The minimum Gasteiger partial charge on any atom is -1.00 e. The number of pyridine rings is 1. The van der Waals surface area contributed by atoms with Crippen molar-refractivity contribution >= 4 is 23.2 Å². The van der Waals surface area contributed by atoms with Crippen molar-refractivity contribution in [1.29, 1.82) is 0 Å². The Morgan fingerprint density at radius 3 is 2.63 bits per heavy atom. The molecular weight excluding hydrogens is 462 g/mol. The third-order valence-corrected chi connectivity index (χ3v) is 5.97. The quantitative estimate of drug-likeness (QED) is 0.409. The minimum absolute atomic E-state index is 0. The van der Waals surface area contributed by atoms with E-state index in [9.17, 15) is 9.59 Å². The van der Waals surface area contributed by atoms with E-state index in [1.165, 1.54) is 11.1 Å². The van der Waals surface area contributed by atoms with Crippen LogP contribution in [-0.4, -0.2) is 11.6 Å². The SMILES string of the molecule is CC(=O)c1c[n+](Cc2ccccc2C)ccc1CC1Cc2cc(Cl)ccc2C1=O.[Br-]. The van der Waals surface area contributed by atoms with Crippen LogP contribution in [0.25, 0.3) is 0 Å². The Balaban J connectivity index is 0.00000256. The first-order valence-corrected chi connectivity index (χ1v) is 10.2. The third kappa shape index (κ3) is 4.55. The zero-order valence-electron chi connectivity index (χ0n) is 17.0. The Hall–Kier alpha value is -2.30. The van der Waals surface area contributed by atoms with Crippen molar-refractivity contribution in [2.45, 2.75) is 33.2 Å². The normalized spacial score (nSPS) is 14.9. The number of rotatable bonds is 5. The molecule has 2 aromatic carbocycles. The first kappa shape index (κ1) is 22.4.